The van der Waals surface area contributed by atoms with Gasteiger partial charge in [0.05, 0.1) is 0 Å². The van der Waals surface area contributed by atoms with E-state index >= 15 is 0 Å². The molecule has 0 aromatic heterocycles. The van der Waals surface area contributed by atoms with Crippen molar-refractivity contribution in [3.8, 4) is 36.8 Å². The molecule has 0 N–H and O–H groups in total. The van der Waals surface area contributed by atoms with E-state index in [-0.39, 0.29) is 0 Å². The van der Waals surface area contributed by atoms with Crippen molar-refractivity contribution in [1.82, 2.24) is 0 Å². The topological polar surface area (TPSA) is 0 Å². The van der Waals surface area contributed by atoms with Gasteiger partial charge in [0.1, 0.15) is 0 Å². The van der Waals surface area contributed by atoms with Gasteiger partial charge in [-0.05, 0) is 11.1 Å². The van der Waals surface area contributed by atoms with Crippen LogP contribution in [0.2, 0.25) is 0 Å². The van der Waals surface area contributed by atoms with Gasteiger partial charge in [0.15, 0.2) is 0 Å². The van der Waals surface area contributed by atoms with Gasteiger partial charge in [-0.3, -0.25) is 0 Å². The van der Waals surface area contributed by atoms with Gasteiger partial charge in [0.25, 0.3) is 0 Å². The van der Waals surface area contributed by atoms with Gasteiger partial charge in [0.2, 0.25) is 0 Å². The molecule has 0 spiro atoms. The smallest absolute Gasteiger partial charge is 0.0184 e. The van der Waals surface area contributed by atoms with Crippen LogP contribution in [0, 0.1) is 25.7 Å². The van der Waals surface area contributed by atoms with Crippen molar-refractivity contribution in [2.45, 2.75) is 0 Å². The Kier molecular flexibility index (Phi) is 7.74. The Bertz CT molecular complexity index is 363. The largest absolute Gasteiger partial charge is 0.124 e. The average Bonchev–Trinajstić information content (AvgIpc) is 2.45. The summed E-state index contributed by atoms with van der Waals surface area (Å²) in [6, 6.07) is 20.8. The predicted octanol–water partition coefficient (Wildman–Crippen LogP) is 3.85. The highest BCUT2D eigenvalue weighted by Gasteiger charge is 1.91. The van der Waals surface area contributed by atoms with Crippen LogP contribution < -0.4 is 0 Å². The second-order valence-electron chi connectivity index (χ2n) is 2.73. The Hall–Kier alpha value is -2.44. The standard InChI is InChI=1S/C12H10.2C2H2/c1-3-7-11(8-4-1)12-9-5-2-6-10-12;2*1-2/h1-10H;2*1-2H. The Morgan fingerprint density at radius 2 is 0.688 bits per heavy atom. The molecule has 0 fully saturated rings. The Morgan fingerprint density at radius 1 is 0.438 bits per heavy atom. The van der Waals surface area contributed by atoms with Crippen LogP contribution in [0.15, 0.2) is 60.7 Å². The first-order valence-electron chi connectivity index (χ1n) is 4.74. The van der Waals surface area contributed by atoms with Crippen LogP contribution in [0.5, 0.6) is 0 Å². The van der Waals surface area contributed by atoms with Gasteiger partial charge in [-0.2, -0.15) is 0 Å². The van der Waals surface area contributed by atoms with Crippen LogP contribution in [-0.4, -0.2) is 0 Å². The lowest BCUT2D eigenvalue weighted by Crippen LogP contribution is -1.73. The quantitative estimate of drug-likeness (QED) is 0.622. The summed E-state index contributed by atoms with van der Waals surface area (Å²) in [6.07, 6.45) is 16.0. The van der Waals surface area contributed by atoms with E-state index in [1.54, 1.807) is 0 Å². The molecule has 0 aliphatic carbocycles. The van der Waals surface area contributed by atoms with Crippen molar-refractivity contribution in [2.24, 2.45) is 0 Å². The molecule has 0 radical (unpaired) electrons. The van der Waals surface area contributed by atoms with Crippen molar-refractivity contribution in [2.75, 3.05) is 0 Å². The van der Waals surface area contributed by atoms with E-state index in [0.717, 1.165) is 0 Å². The SMILES string of the molecule is C#C.C#C.c1ccc(-c2ccccc2)cc1. The summed E-state index contributed by atoms with van der Waals surface area (Å²) in [5.74, 6) is 0. The molecule has 0 aliphatic rings. The summed E-state index contributed by atoms with van der Waals surface area (Å²) < 4.78 is 0. The summed E-state index contributed by atoms with van der Waals surface area (Å²) in [4.78, 5) is 0. The zero-order valence-electron chi connectivity index (χ0n) is 9.08. The highest BCUT2D eigenvalue weighted by Crippen LogP contribution is 2.17. The summed E-state index contributed by atoms with van der Waals surface area (Å²) in [5.41, 5.74) is 2.55. The molecule has 0 heteroatoms. The monoisotopic (exact) mass is 206 g/mol. The molecule has 16 heavy (non-hydrogen) atoms. The minimum absolute atomic E-state index is 1.28. The molecular weight excluding hydrogens is 192 g/mol. The molecule has 2 aromatic rings. The second kappa shape index (κ2) is 9.13. The molecule has 0 atom stereocenters. The van der Waals surface area contributed by atoms with Crippen molar-refractivity contribution >= 4 is 0 Å². The number of rotatable bonds is 1. The summed E-state index contributed by atoms with van der Waals surface area (Å²) >= 11 is 0. The van der Waals surface area contributed by atoms with Gasteiger partial charge in [-0.25, -0.2) is 0 Å². The fraction of sp³-hybridized carbons (Fsp3) is 0. The van der Waals surface area contributed by atoms with E-state index in [1.807, 2.05) is 12.1 Å². The minimum Gasteiger partial charge on any atom is -0.124 e. The van der Waals surface area contributed by atoms with Gasteiger partial charge >= 0.3 is 0 Å². The lowest BCUT2D eigenvalue weighted by atomic mass is 10.1. The first-order chi connectivity index (χ1) is 7.97. The highest BCUT2D eigenvalue weighted by atomic mass is 14.0. The Balaban J connectivity index is 0.000000509. The lowest BCUT2D eigenvalue weighted by Gasteiger charge is -1.98. The van der Waals surface area contributed by atoms with Crippen LogP contribution in [0.25, 0.3) is 11.1 Å². The molecular formula is C16H14. The predicted molar refractivity (Wildman–Crippen MR) is 71.7 cm³/mol. The molecule has 2 rings (SSSR count). The molecule has 0 nitrogen and oxygen atoms in total. The van der Waals surface area contributed by atoms with Crippen LogP contribution in [-0.2, 0) is 0 Å². The maximum Gasteiger partial charge on any atom is -0.0184 e. The summed E-state index contributed by atoms with van der Waals surface area (Å²) in [7, 11) is 0. The van der Waals surface area contributed by atoms with E-state index < -0.39 is 0 Å². The first-order valence-corrected chi connectivity index (χ1v) is 4.74. The normalized spacial score (nSPS) is 7.50. The minimum atomic E-state index is 1.28. The van der Waals surface area contributed by atoms with Crippen molar-refractivity contribution in [3.63, 3.8) is 0 Å². The Morgan fingerprint density at radius 3 is 0.938 bits per heavy atom. The maximum absolute atomic E-state index is 4.00. The van der Waals surface area contributed by atoms with E-state index in [2.05, 4.69) is 74.2 Å². The molecule has 0 unspecified atom stereocenters. The fourth-order valence-corrected chi connectivity index (χ4v) is 1.26. The average molecular weight is 206 g/mol. The van der Waals surface area contributed by atoms with E-state index in [4.69, 9.17) is 0 Å². The second-order valence-corrected chi connectivity index (χ2v) is 2.73. The fourth-order valence-electron chi connectivity index (χ4n) is 1.26. The summed E-state index contributed by atoms with van der Waals surface area (Å²) in [5, 5.41) is 0. The molecule has 0 amide bonds. The number of hydrogen-bond acceptors (Lipinski definition) is 0. The summed E-state index contributed by atoms with van der Waals surface area (Å²) in [6.45, 7) is 0. The van der Waals surface area contributed by atoms with Gasteiger partial charge in [0, 0.05) is 0 Å². The number of benzene rings is 2. The maximum atomic E-state index is 4.00. The number of terminal acetylenes is 2. The molecule has 0 aliphatic heterocycles. The zero-order valence-corrected chi connectivity index (χ0v) is 9.08. The van der Waals surface area contributed by atoms with Gasteiger partial charge in [-0.1, -0.05) is 60.7 Å². The molecule has 2 aromatic carbocycles. The molecule has 0 heterocycles. The van der Waals surface area contributed by atoms with Crippen molar-refractivity contribution in [3.05, 3.63) is 60.7 Å². The third kappa shape index (κ3) is 4.18. The van der Waals surface area contributed by atoms with E-state index in [1.165, 1.54) is 11.1 Å². The zero-order chi connectivity index (χ0) is 12.2. The molecule has 0 saturated carbocycles. The Labute approximate surface area is 98.0 Å². The molecule has 0 saturated heterocycles. The van der Waals surface area contributed by atoms with Crippen LogP contribution in [0.1, 0.15) is 0 Å². The van der Waals surface area contributed by atoms with Crippen molar-refractivity contribution in [1.29, 1.82) is 0 Å². The van der Waals surface area contributed by atoms with E-state index in [0.29, 0.717) is 0 Å². The highest BCUT2D eigenvalue weighted by molar-refractivity contribution is 5.62. The first kappa shape index (κ1) is 13.6. The lowest BCUT2D eigenvalue weighted by molar-refractivity contribution is 1.62. The van der Waals surface area contributed by atoms with Crippen molar-refractivity contribution < 1.29 is 0 Å². The molecule has 78 valence electrons. The number of hydrogen-bond donors (Lipinski definition) is 0. The van der Waals surface area contributed by atoms with Crippen LogP contribution >= 0.6 is 0 Å². The van der Waals surface area contributed by atoms with Crippen LogP contribution in [0.3, 0.4) is 0 Å². The van der Waals surface area contributed by atoms with Crippen LogP contribution in [0.4, 0.5) is 0 Å². The van der Waals surface area contributed by atoms with Gasteiger partial charge in [-0.15, -0.1) is 25.7 Å². The third-order valence-corrected chi connectivity index (χ3v) is 1.88. The van der Waals surface area contributed by atoms with E-state index in [9.17, 15) is 0 Å². The molecule has 0 bridgehead atoms. The van der Waals surface area contributed by atoms with Gasteiger partial charge < -0.3 is 0 Å². The third-order valence-electron chi connectivity index (χ3n) is 1.88.